The Morgan fingerprint density at radius 3 is 2.34 bits per heavy atom. The standard InChI is InChI=1S/C26H33BrN2O3/c1-18-14-23(15-19(2)25(18)27)32-17-24(30)29(16-21-10-6-4-7-11-21)20(3)26(31)28-22-12-8-5-9-13-22/h4,6-7,10-11,14-15,20,22H,5,8-9,12-13,16-17H2,1-3H3,(H,28,31). The molecule has 1 fully saturated rings. The maximum atomic E-state index is 13.2. The first kappa shape index (κ1) is 24.3. The number of benzene rings is 2. The van der Waals surface area contributed by atoms with Crippen molar-refractivity contribution in [2.75, 3.05) is 6.61 Å². The number of hydrogen-bond donors (Lipinski definition) is 1. The molecule has 0 saturated heterocycles. The number of carbonyl (C=O) groups excluding carboxylic acids is 2. The molecule has 0 aromatic heterocycles. The predicted molar refractivity (Wildman–Crippen MR) is 131 cm³/mol. The van der Waals surface area contributed by atoms with Crippen molar-refractivity contribution < 1.29 is 14.3 Å². The van der Waals surface area contributed by atoms with Crippen LogP contribution in [-0.2, 0) is 16.1 Å². The summed E-state index contributed by atoms with van der Waals surface area (Å²) in [5, 5.41) is 3.16. The van der Waals surface area contributed by atoms with E-state index in [-0.39, 0.29) is 24.5 Å². The fourth-order valence-electron chi connectivity index (χ4n) is 4.15. The number of carbonyl (C=O) groups is 2. The minimum Gasteiger partial charge on any atom is -0.484 e. The summed E-state index contributed by atoms with van der Waals surface area (Å²) in [6, 6.07) is 13.2. The summed E-state index contributed by atoms with van der Waals surface area (Å²) in [5.41, 5.74) is 3.08. The summed E-state index contributed by atoms with van der Waals surface area (Å²) >= 11 is 3.55. The highest BCUT2D eigenvalue weighted by Gasteiger charge is 2.28. The molecule has 3 rings (SSSR count). The normalized spacial score (nSPS) is 15.1. The molecule has 2 aromatic rings. The van der Waals surface area contributed by atoms with Gasteiger partial charge in [-0.25, -0.2) is 0 Å². The van der Waals surface area contributed by atoms with Crippen molar-refractivity contribution in [3.8, 4) is 5.75 Å². The highest BCUT2D eigenvalue weighted by atomic mass is 79.9. The molecule has 1 unspecified atom stereocenters. The van der Waals surface area contributed by atoms with Crippen molar-refractivity contribution in [2.24, 2.45) is 0 Å². The first-order chi connectivity index (χ1) is 15.3. The first-order valence-electron chi connectivity index (χ1n) is 11.4. The summed E-state index contributed by atoms with van der Waals surface area (Å²) in [4.78, 5) is 27.8. The number of rotatable bonds is 8. The Bertz CT molecular complexity index is 903. The molecule has 5 nitrogen and oxygen atoms in total. The van der Waals surface area contributed by atoms with Gasteiger partial charge in [0.25, 0.3) is 5.91 Å². The molecule has 0 radical (unpaired) electrons. The molecular weight excluding hydrogens is 468 g/mol. The van der Waals surface area contributed by atoms with Crippen LogP contribution in [0.5, 0.6) is 5.75 Å². The van der Waals surface area contributed by atoms with Crippen LogP contribution in [-0.4, -0.2) is 35.4 Å². The van der Waals surface area contributed by atoms with Crippen molar-refractivity contribution in [1.29, 1.82) is 0 Å². The lowest BCUT2D eigenvalue weighted by molar-refractivity contribution is -0.142. The molecule has 1 N–H and O–H groups in total. The van der Waals surface area contributed by atoms with Gasteiger partial charge in [0.1, 0.15) is 11.8 Å². The van der Waals surface area contributed by atoms with Crippen molar-refractivity contribution in [1.82, 2.24) is 10.2 Å². The summed E-state index contributed by atoms with van der Waals surface area (Å²) in [7, 11) is 0. The van der Waals surface area contributed by atoms with Gasteiger partial charge in [-0.3, -0.25) is 9.59 Å². The monoisotopic (exact) mass is 500 g/mol. The maximum absolute atomic E-state index is 13.2. The van der Waals surface area contributed by atoms with E-state index in [1.807, 2.05) is 56.3 Å². The second kappa shape index (κ2) is 11.5. The van der Waals surface area contributed by atoms with Crippen molar-refractivity contribution in [3.05, 3.63) is 63.6 Å². The molecule has 1 aliphatic rings. The van der Waals surface area contributed by atoms with Crippen LogP contribution in [0.2, 0.25) is 0 Å². The third kappa shape index (κ3) is 6.58. The van der Waals surface area contributed by atoms with E-state index >= 15 is 0 Å². The fourth-order valence-corrected chi connectivity index (χ4v) is 4.38. The third-order valence-corrected chi connectivity index (χ3v) is 7.34. The third-order valence-electron chi connectivity index (χ3n) is 6.09. The summed E-state index contributed by atoms with van der Waals surface area (Å²) in [6.45, 7) is 6.03. The van der Waals surface area contributed by atoms with Crippen molar-refractivity contribution >= 4 is 27.7 Å². The molecular formula is C26H33BrN2O3. The average Bonchev–Trinajstić information content (AvgIpc) is 2.80. The Hall–Kier alpha value is -2.34. The molecule has 32 heavy (non-hydrogen) atoms. The summed E-state index contributed by atoms with van der Waals surface area (Å²) in [6.07, 6.45) is 5.54. The molecule has 0 spiro atoms. The Balaban J connectivity index is 1.70. The minimum atomic E-state index is -0.582. The smallest absolute Gasteiger partial charge is 0.261 e. The lowest BCUT2D eigenvalue weighted by atomic mass is 9.95. The van der Waals surface area contributed by atoms with Gasteiger partial charge in [0.15, 0.2) is 6.61 Å². The van der Waals surface area contributed by atoms with E-state index < -0.39 is 6.04 Å². The van der Waals surface area contributed by atoms with E-state index in [0.717, 1.165) is 46.8 Å². The highest BCUT2D eigenvalue weighted by molar-refractivity contribution is 9.10. The van der Waals surface area contributed by atoms with Crippen LogP contribution in [0.1, 0.15) is 55.7 Å². The van der Waals surface area contributed by atoms with Gasteiger partial charge in [0.2, 0.25) is 5.91 Å². The molecule has 2 aromatic carbocycles. The van der Waals surface area contributed by atoms with E-state index in [9.17, 15) is 9.59 Å². The van der Waals surface area contributed by atoms with E-state index in [1.54, 1.807) is 11.8 Å². The van der Waals surface area contributed by atoms with Crippen molar-refractivity contribution in [2.45, 2.75) is 71.5 Å². The average molecular weight is 501 g/mol. The van der Waals surface area contributed by atoms with Crippen molar-refractivity contribution in [3.63, 3.8) is 0 Å². The Kier molecular flexibility index (Phi) is 8.74. The number of ether oxygens (including phenoxy) is 1. The minimum absolute atomic E-state index is 0.100. The zero-order valence-corrected chi connectivity index (χ0v) is 20.8. The number of amides is 2. The van der Waals surface area contributed by atoms with Gasteiger partial charge in [-0.05, 0) is 62.4 Å². The molecule has 0 aliphatic heterocycles. The molecule has 0 heterocycles. The van der Waals surface area contributed by atoms with Gasteiger partial charge in [-0.1, -0.05) is 65.5 Å². The van der Waals surface area contributed by atoms with Crippen LogP contribution < -0.4 is 10.1 Å². The lowest BCUT2D eigenvalue weighted by Crippen LogP contribution is -2.51. The summed E-state index contributed by atoms with van der Waals surface area (Å²) in [5.74, 6) is 0.338. The quantitative estimate of drug-likeness (QED) is 0.534. The second-order valence-corrected chi connectivity index (χ2v) is 9.48. The topological polar surface area (TPSA) is 58.6 Å². The molecule has 0 bridgehead atoms. The van der Waals surface area contributed by atoms with E-state index in [4.69, 9.17) is 4.74 Å². The number of nitrogens with one attached hydrogen (secondary N) is 1. The molecule has 172 valence electrons. The van der Waals surface area contributed by atoms with Crippen LogP contribution in [0.25, 0.3) is 0 Å². The van der Waals surface area contributed by atoms with E-state index in [0.29, 0.717) is 12.3 Å². The number of aryl methyl sites for hydroxylation is 2. The SMILES string of the molecule is Cc1cc(OCC(=O)N(Cc2ccccc2)C(C)C(=O)NC2CCCCC2)cc(C)c1Br. The Morgan fingerprint density at radius 2 is 1.72 bits per heavy atom. The zero-order valence-electron chi connectivity index (χ0n) is 19.2. The van der Waals surface area contributed by atoms with Crippen LogP contribution in [0, 0.1) is 13.8 Å². The van der Waals surface area contributed by atoms with Gasteiger partial charge in [0.05, 0.1) is 0 Å². The van der Waals surface area contributed by atoms with Gasteiger partial charge in [0, 0.05) is 17.1 Å². The molecule has 6 heteroatoms. The van der Waals surface area contributed by atoms with Crippen LogP contribution in [0.3, 0.4) is 0 Å². The summed E-state index contributed by atoms with van der Waals surface area (Å²) < 4.78 is 6.88. The predicted octanol–water partition coefficient (Wildman–Crippen LogP) is 5.31. The van der Waals surface area contributed by atoms with Crippen LogP contribution >= 0.6 is 15.9 Å². The largest absolute Gasteiger partial charge is 0.484 e. The van der Waals surface area contributed by atoms with E-state index in [1.165, 1.54) is 6.42 Å². The molecule has 1 atom stereocenters. The second-order valence-electron chi connectivity index (χ2n) is 8.69. The molecule has 1 saturated carbocycles. The van der Waals surface area contributed by atoms with Gasteiger partial charge >= 0.3 is 0 Å². The van der Waals surface area contributed by atoms with Crippen LogP contribution in [0.4, 0.5) is 0 Å². The molecule has 2 amide bonds. The zero-order chi connectivity index (χ0) is 23.1. The highest BCUT2D eigenvalue weighted by Crippen LogP contribution is 2.26. The number of nitrogens with zero attached hydrogens (tertiary/aromatic N) is 1. The van der Waals surface area contributed by atoms with Gasteiger partial charge in [-0.2, -0.15) is 0 Å². The lowest BCUT2D eigenvalue weighted by Gasteiger charge is -2.31. The first-order valence-corrected chi connectivity index (χ1v) is 12.2. The van der Waals surface area contributed by atoms with Gasteiger partial charge < -0.3 is 15.0 Å². The molecule has 1 aliphatic carbocycles. The Morgan fingerprint density at radius 1 is 1.09 bits per heavy atom. The van der Waals surface area contributed by atoms with Gasteiger partial charge in [-0.15, -0.1) is 0 Å². The van der Waals surface area contributed by atoms with E-state index in [2.05, 4.69) is 21.2 Å². The Labute approximate surface area is 199 Å². The number of halogens is 1. The maximum Gasteiger partial charge on any atom is 0.261 e. The van der Waals surface area contributed by atoms with Crippen LogP contribution in [0.15, 0.2) is 46.9 Å². The fraction of sp³-hybridized carbons (Fsp3) is 0.462. The number of hydrogen-bond acceptors (Lipinski definition) is 3.